The molecule has 1 heterocycles. The maximum absolute atomic E-state index is 13.1. The van der Waals surface area contributed by atoms with E-state index >= 15 is 0 Å². The second-order valence-corrected chi connectivity index (χ2v) is 9.12. The van der Waals surface area contributed by atoms with E-state index in [-0.39, 0.29) is 18.5 Å². The number of amides is 3. The molecule has 0 spiro atoms. The second kappa shape index (κ2) is 12.3. The van der Waals surface area contributed by atoms with E-state index in [0.717, 1.165) is 29.8 Å². The van der Waals surface area contributed by atoms with Crippen LogP contribution in [0.15, 0.2) is 59.7 Å². The summed E-state index contributed by atoms with van der Waals surface area (Å²) in [5.74, 6) is -0.677. The van der Waals surface area contributed by atoms with Crippen LogP contribution in [0, 0.1) is 0 Å². The van der Waals surface area contributed by atoms with Gasteiger partial charge in [0.2, 0.25) is 0 Å². The van der Waals surface area contributed by atoms with Crippen molar-refractivity contribution in [1.82, 2.24) is 15.1 Å². The lowest BCUT2D eigenvalue weighted by Gasteiger charge is -2.22. The lowest BCUT2D eigenvalue weighted by atomic mass is 9.92. The van der Waals surface area contributed by atoms with Gasteiger partial charge in [0.25, 0.3) is 5.91 Å². The first kappa shape index (κ1) is 26.9. The fourth-order valence-corrected chi connectivity index (χ4v) is 3.97. The third-order valence-corrected chi connectivity index (χ3v) is 6.05. The first-order chi connectivity index (χ1) is 17.2. The highest BCUT2D eigenvalue weighted by atomic mass is 16.5. The van der Waals surface area contributed by atoms with Crippen LogP contribution in [0.2, 0.25) is 0 Å². The number of rotatable bonds is 12. The van der Waals surface area contributed by atoms with E-state index < -0.39 is 11.5 Å². The Balaban J connectivity index is 1.59. The molecule has 1 atom stereocenters. The highest BCUT2D eigenvalue weighted by Gasteiger charge is 2.48. The number of anilines is 1. The fourth-order valence-electron chi connectivity index (χ4n) is 3.97. The third-order valence-electron chi connectivity index (χ3n) is 6.05. The zero-order valence-corrected chi connectivity index (χ0v) is 21.4. The van der Waals surface area contributed by atoms with Gasteiger partial charge in [0.05, 0.1) is 12.3 Å². The largest absolute Gasteiger partial charge is 0.461 e. The Bertz CT molecular complexity index is 1090. The standard InChI is InChI=1S/C27H35N5O4/c1-5-36-24(33)23(12-9-18-31(3)4)30-29-22-15-13-20(14-16-22)17-19-32-25(34)27(2,28-26(32)35)21-10-7-6-8-11-21/h6-8,10-11,13-16,29H,5,9,12,17-19H2,1-4H3,(H,28,35)/b30-23-. The lowest BCUT2D eigenvalue weighted by Crippen LogP contribution is -2.41. The van der Waals surface area contributed by atoms with Crippen molar-refractivity contribution in [3.8, 4) is 0 Å². The van der Waals surface area contributed by atoms with E-state index in [1.807, 2.05) is 68.7 Å². The second-order valence-electron chi connectivity index (χ2n) is 9.12. The SMILES string of the molecule is CCOC(=O)/C(CCCN(C)C)=N\Nc1ccc(CCN2C(=O)NC(C)(c3ccccc3)C2=O)cc1. The number of hydrazone groups is 1. The molecule has 2 N–H and O–H groups in total. The molecule has 1 aliphatic heterocycles. The quantitative estimate of drug-likeness (QED) is 0.203. The minimum atomic E-state index is -1.06. The highest BCUT2D eigenvalue weighted by Crippen LogP contribution is 2.28. The van der Waals surface area contributed by atoms with E-state index in [2.05, 4.69) is 20.7 Å². The van der Waals surface area contributed by atoms with E-state index in [0.29, 0.717) is 25.2 Å². The molecular formula is C27H35N5O4. The number of urea groups is 1. The molecule has 0 radical (unpaired) electrons. The van der Waals surface area contributed by atoms with Gasteiger partial charge in [0, 0.05) is 13.0 Å². The molecule has 2 aromatic rings. The number of imide groups is 1. The van der Waals surface area contributed by atoms with Gasteiger partial charge in [-0.05, 0) is 70.6 Å². The van der Waals surface area contributed by atoms with Crippen LogP contribution in [0.5, 0.6) is 0 Å². The molecular weight excluding hydrogens is 458 g/mol. The fraction of sp³-hybridized carbons (Fsp3) is 0.407. The van der Waals surface area contributed by atoms with Crippen molar-refractivity contribution in [2.75, 3.05) is 39.2 Å². The minimum Gasteiger partial charge on any atom is -0.461 e. The summed E-state index contributed by atoms with van der Waals surface area (Å²) in [4.78, 5) is 41.1. The van der Waals surface area contributed by atoms with Crippen LogP contribution >= 0.6 is 0 Å². The molecule has 1 unspecified atom stereocenters. The average molecular weight is 494 g/mol. The van der Waals surface area contributed by atoms with Crippen molar-refractivity contribution in [3.63, 3.8) is 0 Å². The van der Waals surface area contributed by atoms with Gasteiger partial charge in [-0.1, -0.05) is 42.5 Å². The molecule has 3 amide bonds. The van der Waals surface area contributed by atoms with Crippen molar-refractivity contribution in [2.24, 2.45) is 5.10 Å². The topological polar surface area (TPSA) is 103 Å². The number of carbonyl (C=O) groups is 3. The summed E-state index contributed by atoms with van der Waals surface area (Å²) in [7, 11) is 3.96. The summed E-state index contributed by atoms with van der Waals surface area (Å²) in [5.41, 5.74) is 4.67. The minimum absolute atomic E-state index is 0.257. The summed E-state index contributed by atoms with van der Waals surface area (Å²) in [6.07, 6.45) is 1.82. The van der Waals surface area contributed by atoms with Crippen molar-refractivity contribution in [2.45, 2.75) is 38.6 Å². The number of nitrogens with one attached hydrogen (secondary N) is 2. The summed E-state index contributed by atoms with van der Waals surface area (Å²) >= 11 is 0. The Hall–Kier alpha value is -3.72. The molecule has 2 aromatic carbocycles. The van der Waals surface area contributed by atoms with E-state index in [4.69, 9.17) is 4.74 Å². The highest BCUT2D eigenvalue weighted by molar-refractivity contribution is 6.36. The molecule has 36 heavy (non-hydrogen) atoms. The monoisotopic (exact) mass is 493 g/mol. The summed E-state index contributed by atoms with van der Waals surface area (Å²) < 4.78 is 5.12. The van der Waals surface area contributed by atoms with Gasteiger partial charge < -0.3 is 15.0 Å². The summed E-state index contributed by atoms with van der Waals surface area (Å²) in [6, 6.07) is 16.4. The molecule has 9 heteroatoms. The average Bonchev–Trinajstić information content (AvgIpc) is 3.09. The first-order valence-corrected chi connectivity index (χ1v) is 12.2. The first-order valence-electron chi connectivity index (χ1n) is 12.2. The van der Waals surface area contributed by atoms with Gasteiger partial charge in [-0.25, -0.2) is 9.59 Å². The van der Waals surface area contributed by atoms with Crippen molar-refractivity contribution in [3.05, 3.63) is 65.7 Å². The Kier molecular flexibility index (Phi) is 9.19. The van der Waals surface area contributed by atoms with E-state index in [9.17, 15) is 14.4 Å². The van der Waals surface area contributed by atoms with Gasteiger partial charge in [0.15, 0.2) is 0 Å². The lowest BCUT2D eigenvalue weighted by molar-refractivity contribution is -0.135. The van der Waals surface area contributed by atoms with Gasteiger partial charge in [-0.2, -0.15) is 5.10 Å². The van der Waals surface area contributed by atoms with Crippen molar-refractivity contribution >= 4 is 29.3 Å². The molecule has 1 saturated heterocycles. The normalized spacial score (nSPS) is 17.9. The predicted molar refractivity (Wildman–Crippen MR) is 140 cm³/mol. The molecule has 9 nitrogen and oxygen atoms in total. The number of carbonyl (C=O) groups excluding carboxylic acids is 3. The maximum atomic E-state index is 13.1. The van der Waals surface area contributed by atoms with Crippen LogP contribution in [0.4, 0.5) is 10.5 Å². The zero-order chi connectivity index (χ0) is 26.1. The molecule has 192 valence electrons. The Morgan fingerprint density at radius 2 is 1.81 bits per heavy atom. The smallest absolute Gasteiger partial charge is 0.354 e. The summed E-state index contributed by atoms with van der Waals surface area (Å²) in [5, 5.41) is 7.11. The van der Waals surface area contributed by atoms with Crippen LogP contribution in [-0.4, -0.2) is 67.2 Å². The van der Waals surface area contributed by atoms with Gasteiger partial charge in [0.1, 0.15) is 11.3 Å². The zero-order valence-electron chi connectivity index (χ0n) is 21.4. The Morgan fingerprint density at radius 1 is 1.11 bits per heavy atom. The van der Waals surface area contributed by atoms with E-state index in [1.54, 1.807) is 13.8 Å². The summed E-state index contributed by atoms with van der Waals surface area (Å²) in [6.45, 7) is 4.91. The number of hydrogen-bond acceptors (Lipinski definition) is 7. The number of ether oxygens (including phenoxy) is 1. The molecule has 3 rings (SSSR count). The van der Waals surface area contributed by atoms with Gasteiger partial charge in [-0.3, -0.25) is 15.1 Å². The Labute approximate surface area is 212 Å². The molecule has 0 saturated carbocycles. The van der Waals surface area contributed by atoms with Crippen LogP contribution in [0.1, 0.15) is 37.8 Å². The van der Waals surface area contributed by atoms with Crippen LogP contribution in [0.3, 0.4) is 0 Å². The number of benzene rings is 2. The van der Waals surface area contributed by atoms with Crippen LogP contribution in [0.25, 0.3) is 0 Å². The number of esters is 1. The maximum Gasteiger partial charge on any atom is 0.354 e. The third kappa shape index (κ3) is 6.69. The van der Waals surface area contributed by atoms with Crippen molar-refractivity contribution < 1.29 is 19.1 Å². The van der Waals surface area contributed by atoms with Gasteiger partial charge in [-0.15, -0.1) is 0 Å². The predicted octanol–water partition coefficient (Wildman–Crippen LogP) is 3.37. The molecule has 0 bridgehead atoms. The van der Waals surface area contributed by atoms with Crippen LogP contribution < -0.4 is 10.7 Å². The van der Waals surface area contributed by atoms with Gasteiger partial charge >= 0.3 is 12.0 Å². The van der Waals surface area contributed by atoms with Crippen molar-refractivity contribution in [1.29, 1.82) is 0 Å². The molecule has 0 aliphatic carbocycles. The number of nitrogens with zero attached hydrogens (tertiary/aromatic N) is 3. The molecule has 1 fully saturated rings. The molecule has 1 aliphatic rings. The Morgan fingerprint density at radius 3 is 2.44 bits per heavy atom. The van der Waals surface area contributed by atoms with E-state index in [1.165, 1.54) is 4.90 Å². The molecule has 0 aromatic heterocycles. The number of hydrogen-bond donors (Lipinski definition) is 2. The van der Waals surface area contributed by atoms with Crippen LogP contribution in [-0.2, 0) is 26.3 Å².